The topological polar surface area (TPSA) is 61.7 Å². The van der Waals surface area contributed by atoms with Gasteiger partial charge in [0, 0.05) is 25.0 Å². The van der Waals surface area contributed by atoms with Gasteiger partial charge in [-0.05, 0) is 6.42 Å². The summed E-state index contributed by atoms with van der Waals surface area (Å²) in [4.78, 5) is 14.0. The minimum atomic E-state index is -0.769. The smallest absolute Gasteiger partial charge is 0.303 e. The van der Waals surface area contributed by atoms with Crippen LogP contribution >= 0.6 is 0 Å². The third kappa shape index (κ3) is 2.84. The van der Waals surface area contributed by atoms with E-state index in [1.165, 1.54) is 0 Å². The van der Waals surface area contributed by atoms with Gasteiger partial charge >= 0.3 is 5.97 Å². The molecule has 0 aromatic heterocycles. The fourth-order valence-corrected chi connectivity index (χ4v) is 0.843. The zero-order valence-electron chi connectivity index (χ0n) is 6.03. The molecule has 1 unspecified atom stereocenters. The van der Waals surface area contributed by atoms with Crippen LogP contribution in [0.5, 0.6) is 0 Å². The van der Waals surface area contributed by atoms with Gasteiger partial charge in [-0.2, -0.15) is 0 Å². The maximum Gasteiger partial charge on any atom is 0.303 e. The predicted octanol–water partition coefficient (Wildman–Crippen LogP) is 0.365. The second kappa shape index (κ2) is 3.75. The Kier molecular flexibility index (Phi) is 2.66. The van der Waals surface area contributed by atoms with Crippen molar-refractivity contribution in [2.75, 3.05) is 0 Å². The van der Waals surface area contributed by atoms with E-state index in [9.17, 15) is 4.79 Å². The average molecular weight is 154 g/mol. The SMILES string of the molecule is O=C(O)CCC1C=NC=CN1. The van der Waals surface area contributed by atoms with Crippen LogP contribution in [0, 0.1) is 0 Å². The molecule has 0 radical (unpaired) electrons. The monoisotopic (exact) mass is 154 g/mol. The average Bonchev–Trinajstić information content (AvgIpc) is 2.03. The highest BCUT2D eigenvalue weighted by Gasteiger charge is 2.06. The second-order valence-corrected chi connectivity index (χ2v) is 2.32. The largest absolute Gasteiger partial charge is 0.481 e. The highest BCUT2D eigenvalue weighted by atomic mass is 16.4. The molecule has 1 aliphatic rings. The summed E-state index contributed by atoms with van der Waals surface area (Å²) in [6.45, 7) is 0. The van der Waals surface area contributed by atoms with E-state index in [0.717, 1.165) is 0 Å². The molecule has 4 nitrogen and oxygen atoms in total. The molecule has 0 fully saturated rings. The lowest BCUT2D eigenvalue weighted by molar-refractivity contribution is -0.137. The maximum absolute atomic E-state index is 10.2. The molecule has 0 bridgehead atoms. The van der Waals surface area contributed by atoms with Crippen LogP contribution < -0.4 is 5.32 Å². The van der Waals surface area contributed by atoms with E-state index >= 15 is 0 Å². The van der Waals surface area contributed by atoms with Crippen LogP contribution in [0.1, 0.15) is 12.8 Å². The van der Waals surface area contributed by atoms with Crippen molar-refractivity contribution >= 4 is 12.2 Å². The van der Waals surface area contributed by atoms with Crippen LogP contribution in [0.3, 0.4) is 0 Å². The van der Waals surface area contributed by atoms with Gasteiger partial charge in [0.1, 0.15) is 0 Å². The van der Waals surface area contributed by atoms with Crippen molar-refractivity contribution in [1.29, 1.82) is 0 Å². The Morgan fingerprint density at radius 1 is 1.73 bits per heavy atom. The van der Waals surface area contributed by atoms with Gasteiger partial charge in [0.25, 0.3) is 0 Å². The summed E-state index contributed by atoms with van der Waals surface area (Å²) in [6.07, 6.45) is 5.83. The molecule has 0 amide bonds. The second-order valence-electron chi connectivity index (χ2n) is 2.32. The summed E-state index contributed by atoms with van der Waals surface area (Å²) >= 11 is 0. The Labute approximate surface area is 64.6 Å². The van der Waals surface area contributed by atoms with Crippen LogP contribution in [-0.4, -0.2) is 23.3 Å². The summed E-state index contributed by atoms with van der Waals surface area (Å²) in [6, 6.07) is 0.0797. The number of carboxylic acids is 1. The third-order valence-corrected chi connectivity index (χ3v) is 1.41. The molecular formula is C7H10N2O2. The Bertz CT molecular complexity index is 199. The molecule has 1 aliphatic heterocycles. The maximum atomic E-state index is 10.2. The number of nitrogens with zero attached hydrogens (tertiary/aromatic N) is 1. The van der Waals surface area contributed by atoms with E-state index in [-0.39, 0.29) is 12.5 Å². The molecule has 1 rings (SSSR count). The first-order chi connectivity index (χ1) is 5.29. The standard InChI is InChI=1S/C7H10N2O2/c10-7(11)2-1-6-5-8-3-4-9-6/h3-6,9H,1-2H2,(H,10,11). The number of hydrogen-bond donors (Lipinski definition) is 2. The van der Waals surface area contributed by atoms with Crippen molar-refractivity contribution in [3.8, 4) is 0 Å². The Morgan fingerprint density at radius 2 is 2.55 bits per heavy atom. The molecule has 2 N–H and O–H groups in total. The fraction of sp³-hybridized carbons (Fsp3) is 0.429. The summed E-state index contributed by atoms with van der Waals surface area (Å²) in [7, 11) is 0. The molecule has 60 valence electrons. The molecule has 0 aliphatic carbocycles. The first kappa shape index (κ1) is 7.78. The van der Waals surface area contributed by atoms with Crippen molar-refractivity contribution in [1.82, 2.24) is 5.32 Å². The number of hydrogen-bond acceptors (Lipinski definition) is 3. The Morgan fingerprint density at radius 3 is 3.09 bits per heavy atom. The van der Waals surface area contributed by atoms with Crippen LogP contribution in [0.4, 0.5) is 0 Å². The molecular weight excluding hydrogens is 144 g/mol. The quantitative estimate of drug-likeness (QED) is 0.617. The van der Waals surface area contributed by atoms with Crippen molar-refractivity contribution in [3.05, 3.63) is 12.4 Å². The number of carbonyl (C=O) groups is 1. The zero-order valence-corrected chi connectivity index (χ0v) is 6.03. The van der Waals surface area contributed by atoms with Gasteiger partial charge in [-0.15, -0.1) is 0 Å². The summed E-state index contributed by atoms with van der Waals surface area (Å²) in [5.41, 5.74) is 0. The molecule has 1 atom stereocenters. The van der Waals surface area contributed by atoms with E-state index in [1.807, 2.05) is 0 Å². The van der Waals surface area contributed by atoms with Crippen molar-refractivity contribution in [2.45, 2.75) is 18.9 Å². The first-order valence-corrected chi connectivity index (χ1v) is 3.45. The van der Waals surface area contributed by atoms with Gasteiger partial charge in [0.2, 0.25) is 0 Å². The molecule has 0 aromatic carbocycles. The molecule has 4 heteroatoms. The van der Waals surface area contributed by atoms with Crippen molar-refractivity contribution in [3.63, 3.8) is 0 Å². The number of rotatable bonds is 3. The number of aliphatic imine (C=N–C) groups is 1. The van der Waals surface area contributed by atoms with Gasteiger partial charge in [0.05, 0.1) is 6.04 Å². The molecule has 0 aromatic rings. The van der Waals surface area contributed by atoms with E-state index in [2.05, 4.69) is 10.3 Å². The summed E-state index contributed by atoms with van der Waals surface area (Å²) in [5.74, 6) is -0.769. The third-order valence-electron chi connectivity index (χ3n) is 1.41. The number of carboxylic acid groups (broad SMARTS) is 1. The fourth-order valence-electron chi connectivity index (χ4n) is 0.843. The summed E-state index contributed by atoms with van der Waals surface area (Å²) in [5, 5.41) is 11.3. The van der Waals surface area contributed by atoms with Gasteiger partial charge < -0.3 is 10.4 Å². The predicted molar refractivity (Wildman–Crippen MR) is 41.4 cm³/mol. The zero-order chi connectivity index (χ0) is 8.10. The number of aliphatic carboxylic acids is 1. The van der Waals surface area contributed by atoms with Crippen molar-refractivity contribution < 1.29 is 9.90 Å². The number of nitrogens with one attached hydrogen (secondary N) is 1. The lowest BCUT2D eigenvalue weighted by atomic mass is 10.1. The summed E-state index contributed by atoms with van der Waals surface area (Å²) < 4.78 is 0. The van der Waals surface area contributed by atoms with Crippen LogP contribution in [-0.2, 0) is 4.79 Å². The Balaban J connectivity index is 2.22. The highest BCUT2D eigenvalue weighted by Crippen LogP contribution is 1.98. The molecule has 1 heterocycles. The van der Waals surface area contributed by atoms with Crippen LogP contribution in [0.25, 0.3) is 0 Å². The molecule has 0 spiro atoms. The van der Waals surface area contributed by atoms with Crippen LogP contribution in [0.2, 0.25) is 0 Å². The molecule has 0 saturated heterocycles. The lowest BCUT2D eigenvalue weighted by Gasteiger charge is -2.12. The first-order valence-electron chi connectivity index (χ1n) is 3.45. The highest BCUT2D eigenvalue weighted by molar-refractivity contribution is 5.70. The Hall–Kier alpha value is -1.32. The van der Waals surface area contributed by atoms with Gasteiger partial charge in [0.15, 0.2) is 0 Å². The molecule has 0 saturated carbocycles. The molecule has 11 heavy (non-hydrogen) atoms. The van der Waals surface area contributed by atoms with Gasteiger partial charge in [-0.25, -0.2) is 0 Å². The van der Waals surface area contributed by atoms with Crippen LogP contribution in [0.15, 0.2) is 17.4 Å². The minimum absolute atomic E-state index is 0.0797. The van der Waals surface area contributed by atoms with Gasteiger partial charge in [-0.3, -0.25) is 9.79 Å². The lowest BCUT2D eigenvalue weighted by Crippen LogP contribution is -2.28. The van der Waals surface area contributed by atoms with E-state index in [1.54, 1.807) is 18.6 Å². The van der Waals surface area contributed by atoms with E-state index < -0.39 is 5.97 Å². The normalized spacial score (nSPS) is 21.3. The van der Waals surface area contributed by atoms with Gasteiger partial charge in [-0.1, -0.05) is 0 Å². The minimum Gasteiger partial charge on any atom is -0.481 e. The van der Waals surface area contributed by atoms with Crippen molar-refractivity contribution in [2.24, 2.45) is 4.99 Å². The van der Waals surface area contributed by atoms with E-state index in [4.69, 9.17) is 5.11 Å². The van der Waals surface area contributed by atoms with E-state index in [0.29, 0.717) is 6.42 Å².